The summed E-state index contributed by atoms with van der Waals surface area (Å²) in [5, 5.41) is 4.48. The summed E-state index contributed by atoms with van der Waals surface area (Å²) < 4.78 is 31.6. The minimum Gasteiger partial charge on any atom is -0.449 e. The smallest absolute Gasteiger partial charge is 0.340 e. The van der Waals surface area contributed by atoms with E-state index in [-0.39, 0.29) is 34.6 Å². The highest BCUT2D eigenvalue weighted by atomic mass is 35.5. The summed E-state index contributed by atoms with van der Waals surface area (Å²) in [5.74, 6) is -1.82. The van der Waals surface area contributed by atoms with Crippen molar-refractivity contribution >= 4 is 39.5 Å². The number of hydrogen-bond acceptors (Lipinski definition) is 6. The Morgan fingerprint density at radius 3 is 2.24 bits per heavy atom. The Labute approximate surface area is 175 Å². The molecule has 0 aliphatic carbocycles. The van der Waals surface area contributed by atoms with Gasteiger partial charge in [0.2, 0.25) is 10.0 Å². The van der Waals surface area contributed by atoms with Crippen LogP contribution in [0.15, 0.2) is 23.1 Å². The summed E-state index contributed by atoms with van der Waals surface area (Å²) in [6.07, 6.45) is -1.31. The van der Waals surface area contributed by atoms with Gasteiger partial charge in [0.05, 0.1) is 15.5 Å². The molecule has 0 bridgehead atoms. The van der Waals surface area contributed by atoms with Gasteiger partial charge in [-0.3, -0.25) is 10.1 Å². The number of benzene rings is 1. The maximum absolute atomic E-state index is 12.6. The SMILES string of the molecule is CCN(CC)S(=O)(=O)c1ccc(Cl)c(C(=O)OC(C)C(=O)NC(=O)NC(C)C)c1. The van der Waals surface area contributed by atoms with E-state index in [0.717, 1.165) is 6.07 Å². The second kappa shape index (κ2) is 10.6. The lowest BCUT2D eigenvalue weighted by atomic mass is 10.2. The lowest BCUT2D eigenvalue weighted by Gasteiger charge is -2.19. The van der Waals surface area contributed by atoms with Gasteiger partial charge >= 0.3 is 12.0 Å². The van der Waals surface area contributed by atoms with Gasteiger partial charge in [-0.15, -0.1) is 0 Å². The van der Waals surface area contributed by atoms with Gasteiger partial charge in [0.1, 0.15) is 0 Å². The molecule has 1 unspecified atom stereocenters. The van der Waals surface area contributed by atoms with E-state index >= 15 is 0 Å². The van der Waals surface area contributed by atoms with Crippen LogP contribution >= 0.6 is 11.6 Å². The number of nitrogens with one attached hydrogen (secondary N) is 2. The zero-order valence-corrected chi connectivity index (χ0v) is 18.6. The van der Waals surface area contributed by atoms with Crippen LogP contribution < -0.4 is 10.6 Å². The first-order valence-corrected chi connectivity index (χ1v) is 10.9. The van der Waals surface area contributed by atoms with Gasteiger partial charge in [-0.2, -0.15) is 4.31 Å². The van der Waals surface area contributed by atoms with Gasteiger partial charge in [0.25, 0.3) is 5.91 Å². The van der Waals surface area contributed by atoms with Gasteiger partial charge in [-0.1, -0.05) is 25.4 Å². The van der Waals surface area contributed by atoms with E-state index in [1.165, 1.54) is 23.4 Å². The highest BCUT2D eigenvalue weighted by Crippen LogP contribution is 2.24. The van der Waals surface area contributed by atoms with Crippen LogP contribution in [0.5, 0.6) is 0 Å². The third-order valence-electron chi connectivity index (χ3n) is 3.81. The molecule has 0 aromatic heterocycles. The van der Waals surface area contributed by atoms with E-state index < -0.39 is 34.0 Å². The standard InChI is InChI=1S/C18H26ClN3O6S/c1-6-22(7-2)29(26,27)13-8-9-15(19)14(10-13)17(24)28-12(5)16(23)21-18(25)20-11(3)4/h8-12H,6-7H2,1-5H3,(H2,20,21,23,25). The highest BCUT2D eigenvalue weighted by molar-refractivity contribution is 7.89. The van der Waals surface area contributed by atoms with Gasteiger partial charge < -0.3 is 10.1 Å². The van der Waals surface area contributed by atoms with Crippen LogP contribution in [0.2, 0.25) is 5.02 Å². The fourth-order valence-electron chi connectivity index (χ4n) is 2.32. The monoisotopic (exact) mass is 447 g/mol. The number of nitrogens with zero attached hydrogens (tertiary/aromatic N) is 1. The number of sulfonamides is 1. The van der Waals surface area contributed by atoms with Crippen molar-refractivity contribution in [3.05, 3.63) is 28.8 Å². The van der Waals surface area contributed by atoms with E-state index in [0.29, 0.717) is 0 Å². The minimum atomic E-state index is -3.81. The van der Waals surface area contributed by atoms with Gasteiger partial charge in [0, 0.05) is 19.1 Å². The number of halogens is 1. The molecule has 0 saturated heterocycles. The fraction of sp³-hybridized carbons (Fsp3) is 0.500. The molecule has 0 heterocycles. The zero-order chi connectivity index (χ0) is 22.4. The van der Waals surface area contributed by atoms with Crippen LogP contribution in [-0.4, -0.2) is 55.9 Å². The van der Waals surface area contributed by atoms with Crippen LogP contribution in [0.4, 0.5) is 4.79 Å². The van der Waals surface area contributed by atoms with E-state index in [4.69, 9.17) is 16.3 Å². The molecule has 1 aromatic carbocycles. The fourth-order valence-corrected chi connectivity index (χ4v) is 4.00. The van der Waals surface area contributed by atoms with E-state index in [2.05, 4.69) is 5.32 Å². The Morgan fingerprint density at radius 1 is 1.14 bits per heavy atom. The van der Waals surface area contributed by atoms with Crippen LogP contribution in [0.3, 0.4) is 0 Å². The molecule has 3 amide bonds. The average Bonchev–Trinajstić information content (AvgIpc) is 2.61. The molecule has 162 valence electrons. The largest absolute Gasteiger partial charge is 0.449 e. The van der Waals surface area contributed by atoms with Gasteiger partial charge in [-0.05, 0) is 39.0 Å². The molecule has 11 heteroatoms. The first kappa shape index (κ1) is 24.9. The molecule has 0 aliphatic rings. The minimum absolute atomic E-state index is 0.0290. The third-order valence-corrected chi connectivity index (χ3v) is 6.19. The molecular weight excluding hydrogens is 422 g/mol. The van der Waals surface area contributed by atoms with Crippen molar-refractivity contribution in [2.45, 2.75) is 51.7 Å². The number of carbonyl (C=O) groups excluding carboxylic acids is 3. The predicted octanol–water partition coefficient (Wildman–Crippen LogP) is 2.15. The number of esters is 1. The molecule has 1 rings (SSSR count). The number of rotatable bonds is 8. The van der Waals surface area contributed by atoms with Crippen LogP contribution in [0.25, 0.3) is 0 Å². The van der Waals surface area contributed by atoms with Crippen molar-refractivity contribution in [2.75, 3.05) is 13.1 Å². The predicted molar refractivity (Wildman–Crippen MR) is 108 cm³/mol. The number of imide groups is 1. The van der Waals surface area contributed by atoms with Crippen molar-refractivity contribution in [3.8, 4) is 0 Å². The third kappa shape index (κ3) is 6.69. The second-order valence-corrected chi connectivity index (χ2v) is 8.74. The molecule has 2 N–H and O–H groups in total. The summed E-state index contributed by atoms with van der Waals surface area (Å²) in [5.41, 5.74) is -0.203. The normalized spacial score (nSPS) is 12.6. The zero-order valence-electron chi connectivity index (χ0n) is 17.0. The van der Waals surface area contributed by atoms with E-state index in [9.17, 15) is 22.8 Å². The maximum Gasteiger partial charge on any atom is 0.340 e. The number of urea groups is 1. The number of amides is 3. The topological polar surface area (TPSA) is 122 Å². The lowest BCUT2D eigenvalue weighted by Crippen LogP contribution is -2.46. The Kier molecular flexibility index (Phi) is 9.06. The highest BCUT2D eigenvalue weighted by Gasteiger charge is 2.26. The average molecular weight is 448 g/mol. The summed E-state index contributed by atoms with van der Waals surface area (Å²) in [4.78, 5) is 35.9. The quantitative estimate of drug-likeness (QED) is 0.589. The summed E-state index contributed by atoms with van der Waals surface area (Å²) in [7, 11) is -3.81. The molecule has 0 saturated carbocycles. The maximum atomic E-state index is 12.6. The van der Waals surface area contributed by atoms with Crippen molar-refractivity contribution in [1.82, 2.24) is 14.9 Å². The van der Waals surface area contributed by atoms with Gasteiger partial charge in [0.15, 0.2) is 6.10 Å². The van der Waals surface area contributed by atoms with Crippen molar-refractivity contribution in [1.29, 1.82) is 0 Å². The molecular formula is C18H26ClN3O6S. The van der Waals surface area contributed by atoms with Crippen LogP contribution in [0, 0.1) is 0 Å². The van der Waals surface area contributed by atoms with Gasteiger partial charge in [-0.25, -0.2) is 18.0 Å². The first-order valence-electron chi connectivity index (χ1n) is 9.06. The first-order chi connectivity index (χ1) is 13.4. The Hall–Kier alpha value is -2.17. The summed E-state index contributed by atoms with van der Waals surface area (Å²) >= 11 is 6.02. The second-order valence-electron chi connectivity index (χ2n) is 6.40. The molecule has 1 aromatic rings. The van der Waals surface area contributed by atoms with E-state index in [1.807, 2.05) is 5.32 Å². The molecule has 0 spiro atoms. The van der Waals surface area contributed by atoms with Crippen molar-refractivity contribution < 1.29 is 27.5 Å². The lowest BCUT2D eigenvalue weighted by molar-refractivity contribution is -0.127. The number of hydrogen-bond donors (Lipinski definition) is 2. The van der Waals surface area contributed by atoms with E-state index in [1.54, 1.807) is 27.7 Å². The Morgan fingerprint density at radius 2 is 1.72 bits per heavy atom. The van der Waals surface area contributed by atoms with Crippen LogP contribution in [0.1, 0.15) is 45.0 Å². The molecule has 0 radical (unpaired) electrons. The summed E-state index contributed by atoms with van der Waals surface area (Å²) in [6, 6.07) is 2.76. The van der Waals surface area contributed by atoms with Crippen LogP contribution in [-0.2, 0) is 19.6 Å². The summed E-state index contributed by atoms with van der Waals surface area (Å²) in [6.45, 7) is 8.63. The molecule has 29 heavy (non-hydrogen) atoms. The van der Waals surface area contributed by atoms with Crippen molar-refractivity contribution in [2.24, 2.45) is 0 Å². The molecule has 0 fully saturated rings. The Bertz CT molecular complexity index is 868. The molecule has 1 atom stereocenters. The molecule has 0 aliphatic heterocycles. The number of carbonyl (C=O) groups is 3. The number of ether oxygens (including phenoxy) is 1. The van der Waals surface area contributed by atoms with Crippen molar-refractivity contribution in [3.63, 3.8) is 0 Å². The molecule has 9 nitrogen and oxygen atoms in total. The Balaban J connectivity index is 3.00.